The molecule has 10 heteroatoms. The lowest BCUT2D eigenvalue weighted by Gasteiger charge is -2.07. The molecule has 0 radical (unpaired) electrons. The van der Waals surface area contributed by atoms with E-state index in [1.54, 1.807) is 31.4 Å². The van der Waals surface area contributed by atoms with Crippen LogP contribution in [0.3, 0.4) is 0 Å². The van der Waals surface area contributed by atoms with E-state index in [-0.39, 0.29) is 24.1 Å². The van der Waals surface area contributed by atoms with Gasteiger partial charge in [0.25, 0.3) is 11.6 Å². The predicted octanol–water partition coefficient (Wildman–Crippen LogP) is 3.42. The first-order valence-electron chi connectivity index (χ1n) is 8.64. The first-order valence-corrected chi connectivity index (χ1v) is 8.64. The minimum atomic E-state index is -0.616. The molecule has 1 heterocycles. The number of nitrogens with zero attached hydrogens (tertiary/aromatic N) is 3. The molecule has 0 bridgehead atoms. The van der Waals surface area contributed by atoms with Crippen molar-refractivity contribution >= 4 is 17.7 Å². The molecule has 30 heavy (non-hydrogen) atoms. The van der Waals surface area contributed by atoms with Crippen molar-refractivity contribution < 1.29 is 28.3 Å². The number of carbonyl (C=O) groups excluding carboxylic acids is 1. The minimum Gasteiger partial charge on any atom is -0.497 e. The molecular formula is C20H17N3O7. The van der Waals surface area contributed by atoms with E-state index in [2.05, 4.69) is 10.2 Å². The summed E-state index contributed by atoms with van der Waals surface area (Å²) >= 11 is 0. The highest BCUT2D eigenvalue weighted by Gasteiger charge is 2.12. The maximum absolute atomic E-state index is 12.0. The van der Waals surface area contributed by atoms with Crippen LogP contribution in [0, 0.1) is 10.1 Å². The average Bonchev–Trinajstić information content (AvgIpc) is 3.25. The third-order valence-electron chi connectivity index (χ3n) is 3.97. The number of hydrogen-bond acceptors (Lipinski definition) is 9. The van der Waals surface area contributed by atoms with E-state index in [4.69, 9.17) is 18.6 Å². The highest BCUT2D eigenvalue weighted by molar-refractivity contribution is 5.87. The third-order valence-corrected chi connectivity index (χ3v) is 3.97. The number of aromatic nitrogens is 2. The van der Waals surface area contributed by atoms with Gasteiger partial charge in [0.2, 0.25) is 5.89 Å². The van der Waals surface area contributed by atoms with Crippen LogP contribution in [0.2, 0.25) is 0 Å². The molecule has 0 saturated carbocycles. The molecule has 3 rings (SSSR count). The first kappa shape index (κ1) is 20.5. The summed E-state index contributed by atoms with van der Waals surface area (Å²) in [7, 11) is 3.06. The molecule has 0 saturated heterocycles. The molecule has 0 amide bonds. The molecule has 0 aliphatic heterocycles. The van der Waals surface area contributed by atoms with Crippen molar-refractivity contribution in [3.05, 3.63) is 70.1 Å². The van der Waals surface area contributed by atoms with E-state index in [9.17, 15) is 14.9 Å². The summed E-state index contributed by atoms with van der Waals surface area (Å²) in [6, 6.07) is 10.8. The van der Waals surface area contributed by atoms with Crippen molar-refractivity contribution in [3.8, 4) is 23.0 Å². The fourth-order valence-electron chi connectivity index (χ4n) is 2.46. The fraction of sp³-hybridized carbons (Fsp3) is 0.150. The summed E-state index contributed by atoms with van der Waals surface area (Å²) in [5, 5.41) is 18.4. The number of non-ortho nitro benzene ring substituents is 1. The van der Waals surface area contributed by atoms with Gasteiger partial charge in [0.1, 0.15) is 11.5 Å². The van der Waals surface area contributed by atoms with Crippen molar-refractivity contribution in [1.82, 2.24) is 10.2 Å². The third kappa shape index (κ3) is 4.98. The normalized spacial score (nSPS) is 10.7. The van der Waals surface area contributed by atoms with Gasteiger partial charge in [-0.1, -0.05) is 0 Å². The smallest absolute Gasteiger partial charge is 0.331 e. The maximum atomic E-state index is 12.0. The molecule has 1 aromatic heterocycles. The number of carbonyl (C=O) groups is 1. The molecule has 2 aromatic carbocycles. The SMILES string of the molecule is COc1ccc(OC)c(/C=C/C(=O)OCc2nnc(-c3ccc([N+](=O)[O-])cc3)o2)c1. The van der Waals surface area contributed by atoms with Gasteiger partial charge in [-0.05, 0) is 36.4 Å². The molecule has 0 unspecified atom stereocenters. The lowest BCUT2D eigenvalue weighted by molar-refractivity contribution is -0.384. The van der Waals surface area contributed by atoms with Crippen molar-refractivity contribution in [3.63, 3.8) is 0 Å². The standard InChI is InChI=1S/C20H17N3O7/c1-27-16-8-9-17(28-2)14(11-16)5-10-19(24)29-12-18-21-22-20(30-18)13-3-6-15(7-4-13)23(25)26/h3-11H,12H2,1-2H3/b10-5+. The molecule has 0 fully saturated rings. The largest absolute Gasteiger partial charge is 0.497 e. The summed E-state index contributed by atoms with van der Waals surface area (Å²) in [6.07, 6.45) is 2.78. The monoisotopic (exact) mass is 411 g/mol. The highest BCUT2D eigenvalue weighted by Crippen LogP contribution is 2.25. The molecule has 0 aliphatic carbocycles. The molecule has 0 spiro atoms. The van der Waals surface area contributed by atoms with Crippen LogP contribution in [0.4, 0.5) is 5.69 Å². The summed E-state index contributed by atoms with van der Waals surface area (Å²) in [6.45, 7) is -0.224. The zero-order valence-electron chi connectivity index (χ0n) is 16.1. The average molecular weight is 411 g/mol. The molecule has 0 aliphatic rings. The van der Waals surface area contributed by atoms with Gasteiger partial charge in [-0.25, -0.2) is 4.79 Å². The Kier molecular flexibility index (Phi) is 6.38. The Morgan fingerprint density at radius 1 is 1.13 bits per heavy atom. The van der Waals surface area contributed by atoms with Crippen LogP contribution in [0.25, 0.3) is 17.5 Å². The molecule has 154 valence electrons. The Hall–Kier alpha value is -4.21. The molecule has 10 nitrogen and oxygen atoms in total. The van der Waals surface area contributed by atoms with Crippen LogP contribution in [0.1, 0.15) is 11.5 Å². The molecule has 0 N–H and O–H groups in total. The van der Waals surface area contributed by atoms with E-state index in [1.165, 1.54) is 37.5 Å². The second-order valence-electron chi connectivity index (χ2n) is 5.85. The van der Waals surface area contributed by atoms with Crippen LogP contribution in [0.15, 0.2) is 53.0 Å². The fourth-order valence-corrected chi connectivity index (χ4v) is 2.46. The number of rotatable bonds is 8. The summed E-state index contributed by atoms with van der Waals surface area (Å²) in [5.74, 6) is 0.824. The lowest BCUT2D eigenvalue weighted by atomic mass is 10.1. The first-order chi connectivity index (χ1) is 14.5. The second kappa shape index (κ2) is 9.32. The highest BCUT2D eigenvalue weighted by atomic mass is 16.6. The number of nitro groups is 1. The van der Waals surface area contributed by atoms with Crippen LogP contribution in [-0.2, 0) is 16.1 Å². The minimum absolute atomic E-state index is 0.0492. The summed E-state index contributed by atoms with van der Waals surface area (Å²) < 4.78 is 20.9. The van der Waals surface area contributed by atoms with E-state index >= 15 is 0 Å². The number of ether oxygens (including phenoxy) is 3. The van der Waals surface area contributed by atoms with E-state index in [0.717, 1.165) is 0 Å². The quantitative estimate of drug-likeness (QED) is 0.237. The molecule has 3 aromatic rings. The van der Waals surface area contributed by atoms with Crippen LogP contribution < -0.4 is 9.47 Å². The van der Waals surface area contributed by atoms with Crippen molar-refractivity contribution in [2.24, 2.45) is 0 Å². The summed E-state index contributed by atoms with van der Waals surface area (Å²) in [4.78, 5) is 22.2. The van der Waals surface area contributed by atoms with Crippen molar-refractivity contribution in [1.29, 1.82) is 0 Å². The number of esters is 1. The van der Waals surface area contributed by atoms with E-state index < -0.39 is 10.9 Å². The Morgan fingerprint density at radius 2 is 1.90 bits per heavy atom. The number of hydrogen-bond donors (Lipinski definition) is 0. The van der Waals surface area contributed by atoms with Gasteiger partial charge in [-0.3, -0.25) is 10.1 Å². The molecular weight excluding hydrogens is 394 g/mol. The van der Waals surface area contributed by atoms with Gasteiger partial charge in [0.05, 0.1) is 19.1 Å². The van der Waals surface area contributed by atoms with E-state index in [0.29, 0.717) is 22.6 Å². The van der Waals surface area contributed by atoms with Crippen LogP contribution in [0.5, 0.6) is 11.5 Å². The van der Waals surface area contributed by atoms with Gasteiger partial charge < -0.3 is 18.6 Å². The number of methoxy groups -OCH3 is 2. The molecule has 0 atom stereocenters. The zero-order valence-corrected chi connectivity index (χ0v) is 16.1. The zero-order chi connectivity index (χ0) is 21.5. The van der Waals surface area contributed by atoms with E-state index in [1.807, 2.05) is 0 Å². The Labute approximate surface area is 170 Å². The maximum Gasteiger partial charge on any atom is 0.331 e. The van der Waals surface area contributed by atoms with Gasteiger partial charge in [-0.2, -0.15) is 0 Å². The van der Waals surface area contributed by atoms with Crippen LogP contribution >= 0.6 is 0 Å². The Bertz CT molecular complexity index is 1070. The van der Waals surface area contributed by atoms with Crippen molar-refractivity contribution in [2.45, 2.75) is 6.61 Å². The van der Waals surface area contributed by atoms with Gasteiger partial charge in [0, 0.05) is 29.3 Å². The van der Waals surface area contributed by atoms with Crippen molar-refractivity contribution in [2.75, 3.05) is 14.2 Å². The second-order valence-corrected chi connectivity index (χ2v) is 5.85. The number of benzene rings is 2. The van der Waals surface area contributed by atoms with Gasteiger partial charge in [-0.15, -0.1) is 10.2 Å². The number of nitro benzene ring substituents is 1. The predicted molar refractivity (Wildman–Crippen MR) is 105 cm³/mol. The van der Waals surface area contributed by atoms with Gasteiger partial charge >= 0.3 is 5.97 Å². The van der Waals surface area contributed by atoms with Crippen LogP contribution in [-0.4, -0.2) is 35.3 Å². The lowest BCUT2D eigenvalue weighted by Crippen LogP contribution is -2.01. The Morgan fingerprint density at radius 3 is 2.57 bits per heavy atom. The topological polar surface area (TPSA) is 127 Å². The summed E-state index contributed by atoms with van der Waals surface area (Å²) in [5.41, 5.74) is 1.11. The Balaban J connectivity index is 1.60. The van der Waals surface area contributed by atoms with Gasteiger partial charge in [0.15, 0.2) is 6.61 Å².